The van der Waals surface area contributed by atoms with E-state index in [1.165, 1.54) is 114 Å². The minimum atomic E-state index is -0.320. The SMILES string of the molecule is CCCCCCCCCCCc1ccc(C(=O)Nc2nc(NC(=O)c3ccc(CCCCCCCCCCC)cc3)nc(-c3ccccc3)n2)cc1. The van der Waals surface area contributed by atoms with Gasteiger partial charge in [-0.2, -0.15) is 15.0 Å². The molecule has 2 amide bonds. The van der Waals surface area contributed by atoms with E-state index in [2.05, 4.69) is 39.4 Å². The van der Waals surface area contributed by atoms with Crippen molar-refractivity contribution in [3.05, 3.63) is 101 Å². The lowest BCUT2D eigenvalue weighted by Gasteiger charge is -2.10. The number of hydrogen-bond acceptors (Lipinski definition) is 5. The van der Waals surface area contributed by atoms with Gasteiger partial charge < -0.3 is 0 Å². The quantitative estimate of drug-likeness (QED) is 0.0670. The van der Waals surface area contributed by atoms with Gasteiger partial charge in [0.1, 0.15) is 0 Å². The van der Waals surface area contributed by atoms with Gasteiger partial charge in [-0.15, -0.1) is 0 Å². The summed E-state index contributed by atoms with van der Waals surface area (Å²) < 4.78 is 0. The maximum absolute atomic E-state index is 13.3. The summed E-state index contributed by atoms with van der Waals surface area (Å²) in [7, 11) is 0. The molecule has 0 radical (unpaired) electrons. The molecule has 0 aliphatic heterocycles. The number of hydrogen-bond donors (Lipinski definition) is 2. The third-order valence-corrected chi connectivity index (χ3v) is 9.69. The Morgan fingerprint density at radius 2 is 0.808 bits per heavy atom. The normalized spacial score (nSPS) is 11.0. The molecule has 2 N–H and O–H groups in total. The number of aryl methyl sites for hydroxylation is 2. The van der Waals surface area contributed by atoms with Crippen molar-refractivity contribution < 1.29 is 9.59 Å². The monoisotopic (exact) mass is 703 g/mol. The van der Waals surface area contributed by atoms with Gasteiger partial charge >= 0.3 is 0 Å². The van der Waals surface area contributed by atoms with Gasteiger partial charge in [0.25, 0.3) is 11.8 Å². The van der Waals surface area contributed by atoms with E-state index in [0.29, 0.717) is 17.0 Å². The first-order valence-corrected chi connectivity index (χ1v) is 20.2. The van der Waals surface area contributed by atoms with Gasteiger partial charge in [-0.05, 0) is 61.1 Å². The van der Waals surface area contributed by atoms with E-state index in [0.717, 1.165) is 31.2 Å². The fraction of sp³-hybridized carbons (Fsp3) is 0.489. The fourth-order valence-electron chi connectivity index (χ4n) is 6.48. The molecule has 0 aliphatic rings. The number of nitrogens with zero attached hydrogens (tertiary/aromatic N) is 3. The number of rotatable bonds is 25. The molecule has 3 aromatic carbocycles. The van der Waals surface area contributed by atoms with Crippen molar-refractivity contribution >= 4 is 23.7 Å². The summed E-state index contributed by atoms with van der Waals surface area (Å²) in [5.74, 6) is -0.137. The molecule has 0 saturated carbocycles. The van der Waals surface area contributed by atoms with Crippen LogP contribution < -0.4 is 10.6 Å². The van der Waals surface area contributed by atoms with Crippen LogP contribution >= 0.6 is 0 Å². The van der Waals surface area contributed by atoms with Crippen LogP contribution in [0.5, 0.6) is 0 Å². The van der Waals surface area contributed by atoms with Crippen LogP contribution in [0.4, 0.5) is 11.9 Å². The summed E-state index contributed by atoms with van der Waals surface area (Å²) in [6.07, 6.45) is 25.5. The van der Waals surface area contributed by atoms with Gasteiger partial charge in [-0.25, -0.2) is 0 Å². The molecule has 0 saturated heterocycles. The van der Waals surface area contributed by atoms with Crippen LogP contribution in [-0.2, 0) is 12.8 Å². The zero-order valence-electron chi connectivity index (χ0n) is 31.8. The van der Waals surface area contributed by atoms with E-state index in [9.17, 15) is 9.59 Å². The number of nitrogens with one attached hydrogen (secondary N) is 2. The van der Waals surface area contributed by atoms with Gasteiger partial charge in [-0.1, -0.05) is 171 Å². The highest BCUT2D eigenvalue weighted by Crippen LogP contribution is 2.20. The summed E-state index contributed by atoms with van der Waals surface area (Å²) in [6, 6.07) is 24.9. The van der Waals surface area contributed by atoms with Gasteiger partial charge in [0.15, 0.2) is 5.82 Å². The molecule has 0 atom stereocenters. The molecule has 1 aromatic heterocycles. The van der Waals surface area contributed by atoms with Crippen LogP contribution in [0, 0.1) is 0 Å². The average molecular weight is 704 g/mol. The van der Waals surface area contributed by atoms with E-state index in [1.807, 2.05) is 78.9 Å². The molecule has 52 heavy (non-hydrogen) atoms. The lowest BCUT2D eigenvalue weighted by Crippen LogP contribution is -2.18. The lowest BCUT2D eigenvalue weighted by molar-refractivity contribution is 0.101. The van der Waals surface area contributed by atoms with Crippen molar-refractivity contribution in [2.45, 2.75) is 142 Å². The summed E-state index contributed by atoms with van der Waals surface area (Å²) >= 11 is 0. The maximum atomic E-state index is 13.3. The van der Waals surface area contributed by atoms with Crippen molar-refractivity contribution in [1.29, 1.82) is 0 Å². The van der Waals surface area contributed by atoms with Crippen LogP contribution in [-0.4, -0.2) is 26.8 Å². The highest BCUT2D eigenvalue weighted by Gasteiger charge is 2.15. The summed E-state index contributed by atoms with van der Waals surface area (Å²) in [5, 5.41) is 5.65. The lowest BCUT2D eigenvalue weighted by atomic mass is 10.0. The van der Waals surface area contributed by atoms with Gasteiger partial charge in [0, 0.05) is 16.7 Å². The number of aromatic nitrogens is 3. The minimum absolute atomic E-state index is 0.0734. The van der Waals surface area contributed by atoms with Crippen LogP contribution in [0.15, 0.2) is 78.9 Å². The first kappa shape index (κ1) is 40.4. The Labute approximate surface area is 312 Å². The largest absolute Gasteiger partial charge is 0.290 e. The Morgan fingerprint density at radius 3 is 1.19 bits per heavy atom. The Balaban J connectivity index is 1.29. The van der Waals surface area contributed by atoms with Gasteiger partial charge in [0.2, 0.25) is 11.9 Å². The molecular weight excluding hydrogens is 643 g/mol. The third-order valence-electron chi connectivity index (χ3n) is 9.69. The number of carbonyl (C=O) groups is 2. The molecule has 0 spiro atoms. The Bertz CT molecular complexity index is 1490. The second kappa shape index (κ2) is 24.0. The molecule has 0 unspecified atom stereocenters. The summed E-state index contributed by atoms with van der Waals surface area (Å²) in [4.78, 5) is 40.0. The van der Waals surface area contributed by atoms with E-state index < -0.39 is 0 Å². The molecule has 1 heterocycles. The highest BCUT2D eigenvalue weighted by molar-refractivity contribution is 6.04. The fourth-order valence-corrected chi connectivity index (χ4v) is 6.48. The first-order valence-electron chi connectivity index (χ1n) is 20.2. The third kappa shape index (κ3) is 15.1. The van der Waals surface area contributed by atoms with Crippen molar-refractivity contribution in [3.63, 3.8) is 0 Å². The summed E-state index contributed by atoms with van der Waals surface area (Å²) in [5.41, 5.74) is 4.24. The minimum Gasteiger partial charge on any atom is -0.290 e. The van der Waals surface area contributed by atoms with Crippen LogP contribution in [0.1, 0.15) is 161 Å². The molecule has 0 fully saturated rings. The molecule has 7 heteroatoms. The smallest absolute Gasteiger partial charge is 0.258 e. The van der Waals surface area contributed by atoms with Gasteiger partial charge in [-0.3, -0.25) is 20.2 Å². The van der Waals surface area contributed by atoms with Gasteiger partial charge in [0.05, 0.1) is 0 Å². The summed E-state index contributed by atoms with van der Waals surface area (Å²) in [6.45, 7) is 4.51. The first-order chi connectivity index (χ1) is 25.6. The average Bonchev–Trinajstić information content (AvgIpc) is 3.17. The molecule has 0 bridgehead atoms. The van der Waals surface area contributed by atoms with E-state index in [4.69, 9.17) is 0 Å². The number of anilines is 2. The van der Waals surface area contributed by atoms with Crippen LogP contribution in [0.3, 0.4) is 0 Å². The van der Waals surface area contributed by atoms with Crippen LogP contribution in [0.2, 0.25) is 0 Å². The van der Waals surface area contributed by atoms with E-state index in [1.54, 1.807) is 0 Å². The van der Waals surface area contributed by atoms with Crippen LogP contribution in [0.25, 0.3) is 11.4 Å². The Kier molecular flexibility index (Phi) is 18.6. The maximum Gasteiger partial charge on any atom is 0.258 e. The van der Waals surface area contributed by atoms with Crippen molar-refractivity contribution in [2.75, 3.05) is 10.6 Å². The molecule has 4 rings (SSSR count). The zero-order valence-corrected chi connectivity index (χ0v) is 31.8. The van der Waals surface area contributed by atoms with E-state index >= 15 is 0 Å². The molecule has 278 valence electrons. The Morgan fingerprint density at radius 1 is 0.442 bits per heavy atom. The molecule has 7 nitrogen and oxygen atoms in total. The second-order valence-electron chi connectivity index (χ2n) is 14.1. The molecule has 4 aromatic rings. The molecule has 0 aliphatic carbocycles. The number of benzene rings is 3. The molecular formula is C45H61N5O2. The number of amides is 2. The number of unbranched alkanes of at least 4 members (excludes halogenated alkanes) is 16. The van der Waals surface area contributed by atoms with Crippen molar-refractivity contribution in [3.8, 4) is 11.4 Å². The Hall–Kier alpha value is -4.39. The predicted molar refractivity (Wildman–Crippen MR) is 216 cm³/mol. The number of carbonyl (C=O) groups excluding carboxylic acids is 2. The van der Waals surface area contributed by atoms with Crippen molar-refractivity contribution in [2.24, 2.45) is 0 Å². The standard InChI is InChI=1S/C45H61N5O2/c1-3-5-7-9-11-13-15-17-20-24-36-28-32-39(33-29-36)42(51)48-44-46-41(38-26-22-19-23-27-38)47-45(50-44)49-43(52)40-34-30-37(31-35-40)25-21-18-16-14-12-10-8-6-4-2/h19,22-23,26-35H,3-18,20-21,24-25H2,1-2H3,(H2,46,47,48,49,50,51,52). The van der Waals surface area contributed by atoms with Crippen molar-refractivity contribution in [1.82, 2.24) is 15.0 Å². The predicted octanol–water partition coefficient (Wildman–Crippen LogP) is 12.2. The zero-order chi connectivity index (χ0) is 36.6. The van der Waals surface area contributed by atoms with E-state index in [-0.39, 0.29) is 23.7 Å². The topological polar surface area (TPSA) is 96.9 Å². The highest BCUT2D eigenvalue weighted by atomic mass is 16.2. The second-order valence-corrected chi connectivity index (χ2v) is 14.1.